The van der Waals surface area contributed by atoms with E-state index in [1.54, 1.807) is 12.1 Å². The number of thiocarbonyl (C=S) groups is 2. The number of nitrogens with one attached hydrogen (secondary N) is 2. The number of hydrogen-bond acceptors (Lipinski definition) is 4. The van der Waals surface area contributed by atoms with Gasteiger partial charge < -0.3 is 9.80 Å². The van der Waals surface area contributed by atoms with Crippen LogP contribution in [0.2, 0.25) is 0 Å². The van der Waals surface area contributed by atoms with Crippen LogP contribution >= 0.6 is 24.4 Å². The lowest BCUT2D eigenvalue weighted by atomic mass is 9.98. The van der Waals surface area contributed by atoms with Gasteiger partial charge in [0.15, 0.2) is 10.2 Å². The second-order valence-electron chi connectivity index (χ2n) is 7.95. The second kappa shape index (κ2) is 14.6. The van der Waals surface area contributed by atoms with Gasteiger partial charge in [0, 0.05) is 37.3 Å². The number of nitrogens with zero attached hydrogens (tertiary/aromatic N) is 4. The average Bonchev–Trinajstić information content (AvgIpc) is 2.87. The summed E-state index contributed by atoms with van der Waals surface area (Å²) in [5.41, 5.74) is 8.20. The molecule has 0 radical (unpaired) electrons. The number of hydrogen-bond donors (Lipinski definition) is 2. The van der Waals surface area contributed by atoms with Gasteiger partial charge in [-0.25, -0.2) is 0 Å². The lowest BCUT2D eigenvalue weighted by molar-refractivity contribution is -0.127. The van der Waals surface area contributed by atoms with Gasteiger partial charge in [-0.05, 0) is 57.7 Å². The zero-order valence-corrected chi connectivity index (χ0v) is 23.1. The Labute approximate surface area is 227 Å². The minimum atomic E-state index is -4.29. The van der Waals surface area contributed by atoms with Gasteiger partial charge in [0.2, 0.25) is 0 Å². The summed E-state index contributed by atoms with van der Waals surface area (Å²) in [6, 6.07) is 15.4. The van der Waals surface area contributed by atoms with Gasteiger partial charge >= 0.3 is 6.18 Å². The SMILES string of the molecule is CCN(CC)C(=S)N/N=C(/C(=N/NC(=S)N(CC)CC)c1ccc(CC(F)(F)F)cc1)c1ccccc1. The molecule has 0 bridgehead atoms. The van der Waals surface area contributed by atoms with E-state index in [1.165, 1.54) is 12.1 Å². The predicted molar refractivity (Wildman–Crippen MR) is 153 cm³/mol. The van der Waals surface area contributed by atoms with E-state index < -0.39 is 12.6 Å². The van der Waals surface area contributed by atoms with Crippen molar-refractivity contribution in [1.29, 1.82) is 0 Å². The second-order valence-corrected chi connectivity index (χ2v) is 8.73. The highest BCUT2D eigenvalue weighted by Gasteiger charge is 2.27. The highest BCUT2D eigenvalue weighted by molar-refractivity contribution is 7.80. The van der Waals surface area contributed by atoms with E-state index in [4.69, 9.17) is 24.4 Å². The molecule has 0 atom stereocenters. The lowest BCUT2D eigenvalue weighted by Gasteiger charge is -2.22. The Kier molecular flexibility index (Phi) is 11.9. The fraction of sp³-hybridized carbons (Fsp3) is 0.385. The fourth-order valence-electron chi connectivity index (χ4n) is 3.49. The van der Waals surface area contributed by atoms with Crippen LogP contribution in [-0.4, -0.2) is 63.8 Å². The largest absolute Gasteiger partial charge is 0.393 e. The third kappa shape index (κ3) is 9.40. The molecule has 0 unspecified atom stereocenters. The molecule has 2 N–H and O–H groups in total. The summed E-state index contributed by atoms with van der Waals surface area (Å²) in [6.07, 6.45) is -5.31. The maximum absolute atomic E-state index is 12.9. The molecule has 0 amide bonds. The van der Waals surface area contributed by atoms with Gasteiger partial charge in [-0.3, -0.25) is 10.9 Å². The van der Waals surface area contributed by atoms with Crippen molar-refractivity contribution >= 4 is 46.1 Å². The third-order valence-electron chi connectivity index (χ3n) is 5.53. The van der Waals surface area contributed by atoms with Crippen LogP contribution in [0.5, 0.6) is 0 Å². The van der Waals surface area contributed by atoms with E-state index in [2.05, 4.69) is 21.1 Å². The van der Waals surface area contributed by atoms with Crippen molar-refractivity contribution in [3.63, 3.8) is 0 Å². The molecule has 2 aromatic carbocycles. The van der Waals surface area contributed by atoms with Crippen LogP contribution < -0.4 is 10.9 Å². The molecule has 6 nitrogen and oxygen atoms in total. The zero-order valence-electron chi connectivity index (χ0n) is 21.5. The summed E-state index contributed by atoms with van der Waals surface area (Å²) in [5.74, 6) is 0. The van der Waals surface area contributed by atoms with Gasteiger partial charge in [0.05, 0.1) is 6.42 Å². The van der Waals surface area contributed by atoms with Crippen LogP contribution in [0.1, 0.15) is 44.4 Å². The molecule has 37 heavy (non-hydrogen) atoms. The maximum Gasteiger partial charge on any atom is 0.393 e. The van der Waals surface area contributed by atoms with Crippen molar-refractivity contribution in [3.05, 3.63) is 71.3 Å². The van der Waals surface area contributed by atoms with Crippen LogP contribution in [0.4, 0.5) is 13.2 Å². The summed E-state index contributed by atoms with van der Waals surface area (Å²) in [6.45, 7) is 10.8. The van der Waals surface area contributed by atoms with Crippen LogP contribution in [0, 0.1) is 0 Å². The van der Waals surface area contributed by atoms with Crippen LogP contribution in [0.3, 0.4) is 0 Å². The first-order valence-electron chi connectivity index (χ1n) is 12.1. The molecule has 200 valence electrons. The van der Waals surface area contributed by atoms with E-state index in [1.807, 2.05) is 67.8 Å². The Hall–Kier alpha value is -3.05. The monoisotopic (exact) mass is 550 g/mol. The summed E-state index contributed by atoms with van der Waals surface area (Å²) in [4.78, 5) is 3.87. The van der Waals surface area contributed by atoms with Crippen molar-refractivity contribution in [3.8, 4) is 0 Å². The first-order valence-corrected chi connectivity index (χ1v) is 12.9. The smallest absolute Gasteiger partial charge is 0.348 e. The zero-order chi connectivity index (χ0) is 27.4. The Bertz CT molecular complexity index is 1080. The van der Waals surface area contributed by atoms with Gasteiger partial charge in [0.25, 0.3) is 0 Å². The van der Waals surface area contributed by atoms with E-state index in [-0.39, 0.29) is 5.56 Å². The first kappa shape index (κ1) is 30.2. The standard InChI is InChI=1S/C26H33F3N6S2/c1-5-34(6-2)24(36)32-30-22(20-12-10-9-11-13-20)23(31-33-25(37)35(7-3)8-4)21-16-14-19(15-17-21)18-26(27,28)29/h9-17H,5-8,18H2,1-4H3,(H,32,36)(H,33,37)/b30-22+,31-23+. The molecule has 0 saturated carbocycles. The molecule has 0 spiro atoms. The van der Waals surface area contributed by atoms with Crippen molar-refractivity contribution in [2.75, 3.05) is 26.2 Å². The molecular formula is C26H33F3N6S2. The lowest BCUT2D eigenvalue weighted by Crippen LogP contribution is -2.39. The molecule has 0 aliphatic rings. The molecule has 2 rings (SSSR count). The van der Waals surface area contributed by atoms with E-state index in [0.717, 1.165) is 5.56 Å². The predicted octanol–water partition coefficient (Wildman–Crippen LogP) is 5.33. The molecular weight excluding hydrogens is 517 g/mol. The van der Waals surface area contributed by atoms with Gasteiger partial charge in [-0.2, -0.15) is 23.4 Å². The van der Waals surface area contributed by atoms with Gasteiger partial charge in [-0.15, -0.1) is 0 Å². The minimum Gasteiger partial charge on any atom is -0.348 e. The summed E-state index contributed by atoms with van der Waals surface area (Å²) in [7, 11) is 0. The molecule has 11 heteroatoms. The number of benzene rings is 2. The molecule has 0 saturated heterocycles. The molecule has 0 aromatic heterocycles. The molecule has 0 aliphatic carbocycles. The summed E-state index contributed by atoms with van der Waals surface area (Å²) < 4.78 is 38.7. The van der Waals surface area contributed by atoms with Crippen LogP contribution in [-0.2, 0) is 6.42 Å². The number of rotatable bonds is 10. The summed E-state index contributed by atoms with van der Waals surface area (Å²) in [5, 5.41) is 10.1. The number of halogens is 3. The van der Waals surface area contributed by atoms with E-state index in [9.17, 15) is 13.2 Å². The van der Waals surface area contributed by atoms with Crippen molar-refractivity contribution in [2.45, 2.75) is 40.3 Å². The highest BCUT2D eigenvalue weighted by atomic mass is 32.1. The first-order chi connectivity index (χ1) is 17.6. The maximum atomic E-state index is 12.9. The van der Waals surface area contributed by atoms with Crippen molar-refractivity contribution < 1.29 is 13.2 Å². The number of alkyl halides is 3. The van der Waals surface area contributed by atoms with Crippen molar-refractivity contribution in [1.82, 2.24) is 20.7 Å². The Morgan fingerprint density at radius 3 is 1.49 bits per heavy atom. The minimum absolute atomic E-state index is 0.154. The van der Waals surface area contributed by atoms with Crippen LogP contribution in [0.25, 0.3) is 0 Å². The normalized spacial score (nSPS) is 12.2. The molecule has 0 heterocycles. The molecule has 0 fully saturated rings. The third-order valence-corrected chi connectivity index (χ3v) is 6.23. The van der Waals surface area contributed by atoms with E-state index >= 15 is 0 Å². The molecule has 2 aromatic rings. The Balaban J connectivity index is 2.58. The van der Waals surface area contributed by atoms with E-state index in [0.29, 0.717) is 53.4 Å². The highest BCUT2D eigenvalue weighted by Crippen LogP contribution is 2.22. The fourth-order valence-corrected chi connectivity index (χ4v) is 4.09. The summed E-state index contributed by atoms with van der Waals surface area (Å²) >= 11 is 11.0. The van der Waals surface area contributed by atoms with Crippen LogP contribution in [0.15, 0.2) is 64.8 Å². The topological polar surface area (TPSA) is 55.3 Å². The Morgan fingerprint density at radius 2 is 1.11 bits per heavy atom. The average molecular weight is 551 g/mol. The number of hydrazone groups is 2. The quantitative estimate of drug-likeness (QED) is 0.237. The van der Waals surface area contributed by atoms with Crippen molar-refractivity contribution in [2.24, 2.45) is 10.2 Å². The molecule has 0 aliphatic heterocycles. The van der Waals surface area contributed by atoms with Gasteiger partial charge in [0.1, 0.15) is 11.4 Å². The Morgan fingerprint density at radius 1 is 0.703 bits per heavy atom. The van der Waals surface area contributed by atoms with Gasteiger partial charge in [-0.1, -0.05) is 54.6 Å².